The van der Waals surface area contributed by atoms with E-state index in [0.717, 1.165) is 16.0 Å². The van der Waals surface area contributed by atoms with Crippen molar-refractivity contribution in [2.45, 2.75) is 0 Å². The number of aliphatic imine (C=N–C) groups is 2. The van der Waals surface area contributed by atoms with Gasteiger partial charge in [-0.1, -0.05) is 127 Å². The largest absolute Gasteiger partial charge is 0.256 e. The van der Waals surface area contributed by atoms with Crippen LogP contribution in [-0.2, 0) is 50.4 Å². The summed E-state index contributed by atoms with van der Waals surface area (Å²) in [4.78, 5) is 38.1. The van der Waals surface area contributed by atoms with E-state index in [1.807, 2.05) is 72.9 Å². The number of aromatic nitrogens is 2. The number of hydrogen-bond donors (Lipinski definition) is 0. The van der Waals surface area contributed by atoms with E-state index in [4.69, 9.17) is 0 Å². The predicted octanol–water partition coefficient (Wildman–Crippen LogP) is 5.61. The van der Waals surface area contributed by atoms with Crippen LogP contribution < -0.4 is 32.1 Å². The molecule has 0 fully saturated rings. The third-order valence-electron chi connectivity index (χ3n) is 6.35. The molecule has 2 heterocycles. The summed E-state index contributed by atoms with van der Waals surface area (Å²) in [5.74, 6) is 0. The van der Waals surface area contributed by atoms with E-state index in [9.17, 15) is 9.59 Å². The number of pyridine rings is 2. The van der Waals surface area contributed by atoms with Gasteiger partial charge in [0.05, 0.1) is 5.44 Å². The number of rotatable bonds is 8. The normalized spacial score (nSPS) is 9.78. The molecule has 46 heavy (non-hydrogen) atoms. The maximum atomic E-state index is 10.9. The standard InChI is InChI=1S/C19H12N3O2P.C17H14NP.2Pd/c23-13-21-17-11-12-20-19(18(17)22-14-24)25(15-7-3-1-4-8-15)16-9-5-2-6-10-16;1-3-9-15(10-4-1)19(16-11-5-2-6-12-16)17-13-7-8-14-18-17;;/h1-12H;1-14H;;. The van der Waals surface area contributed by atoms with E-state index < -0.39 is 15.8 Å². The predicted molar refractivity (Wildman–Crippen MR) is 181 cm³/mol. The smallest absolute Gasteiger partial charge is 0.240 e. The molecule has 0 atom stereocenters. The molecule has 0 aliphatic heterocycles. The number of carbonyl (C=O) groups excluding carboxylic acids is 2. The minimum Gasteiger partial charge on any atom is -0.256 e. The van der Waals surface area contributed by atoms with Crippen LogP contribution in [0, 0.1) is 0 Å². The van der Waals surface area contributed by atoms with Crippen LogP contribution in [0.3, 0.4) is 0 Å². The molecule has 232 valence electrons. The maximum Gasteiger partial charge on any atom is 0.240 e. The zero-order valence-corrected chi connectivity index (χ0v) is 29.0. The minimum atomic E-state index is -1.08. The van der Waals surface area contributed by atoms with Gasteiger partial charge < -0.3 is 0 Å². The molecule has 6 rings (SSSR count). The van der Waals surface area contributed by atoms with Crippen LogP contribution in [0.1, 0.15) is 0 Å². The monoisotopic (exact) mass is 820 g/mol. The van der Waals surface area contributed by atoms with Crippen LogP contribution in [0.2, 0.25) is 0 Å². The van der Waals surface area contributed by atoms with E-state index in [-0.39, 0.29) is 52.2 Å². The van der Waals surface area contributed by atoms with Crippen molar-refractivity contribution < 1.29 is 50.4 Å². The van der Waals surface area contributed by atoms with Gasteiger partial charge in [-0.05, 0) is 39.4 Å². The Balaban J connectivity index is 0.000000248. The Kier molecular flexibility index (Phi) is 15.6. The summed E-state index contributed by atoms with van der Waals surface area (Å²) in [5.41, 5.74) is 2.24. The second kappa shape index (κ2) is 19.6. The van der Waals surface area contributed by atoms with Crippen molar-refractivity contribution >= 4 is 71.5 Å². The second-order valence-electron chi connectivity index (χ2n) is 9.11. The van der Waals surface area contributed by atoms with Gasteiger partial charge in [0, 0.05) is 69.1 Å². The van der Waals surface area contributed by atoms with E-state index in [0.29, 0.717) is 5.44 Å². The average Bonchev–Trinajstić information content (AvgIpc) is 3.09. The summed E-state index contributed by atoms with van der Waals surface area (Å²) in [6, 6.07) is 48.6. The van der Waals surface area contributed by atoms with Crippen molar-refractivity contribution in [3.63, 3.8) is 0 Å². The van der Waals surface area contributed by atoms with E-state index in [2.05, 4.69) is 92.7 Å². The van der Waals surface area contributed by atoms with E-state index in [1.54, 1.807) is 6.20 Å². The summed E-state index contributed by atoms with van der Waals surface area (Å²) in [6.07, 6.45) is 6.45. The SMILES string of the molecule is O=C=Nc1ccnc(P(c2ccccc2)c2ccccc2)c1N=C=O.[Pd].[Pd].c1ccc(P(c2ccccc2)c2ccccn2)cc1. The van der Waals surface area contributed by atoms with E-state index in [1.165, 1.54) is 28.8 Å². The van der Waals surface area contributed by atoms with Gasteiger partial charge in [0.2, 0.25) is 12.2 Å². The minimum absolute atomic E-state index is 0. The molecule has 10 heteroatoms. The summed E-state index contributed by atoms with van der Waals surface area (Å²) >= 11 is 0. The summed E-state index contributed by atoms with van der Waals surface area (Å²) < 4.78 is 0. The van der Waals surface area contributed by atoms with E-state index >= 15 is 0 Å². The Morgan fingerprint density at radius 1 is 0.457 bits per heavy atom. The van der Waals surface area contributed by atoms with Crippen LogP contribution in [0.15, 0.2) is 168 Å². The van der Waals surface area contributed by atoms with Crippen molar-refractivity contribution in [2.24, 2.45) is 9.98 Å². The van der Waals surface area contributed by atoms with Crippen LogP contribution in [0.4, 0.5) is 11.4 Å². The molecule has 6 aromatic rings. The summed E-state index contributed by atoms with van der Waals surface area (Å²) in [5, 5.41) is 4.77. The third-order valence-corrected chi connectivity index (χ3v) is 11.1. The zero-order valence-electron chi connectivity index (χ0n) is 24.1. The van der Waals surface area contributed by atoms with Crippen LogP contribution in [0.25, 0.3) is 0 Å². The van der Waals surface area contributed by atoms with Gasteiger partial charge in [0.15, 0.2) is 0 Å². The summed E-state index contributed by atoms with van der Waals surface area (Å²) in [6.45, 7) is 0. The Bertz CT molecular complexity index is 1740. The first-order valence-corrected chi connectivity index (χ1v) is 16.3. The van der Waals surface area contributed by atoms with Crippen LogP contribution in [-0.4, -0.2) is 22.1 Å². The van der Waals surface area contributed by atoms with Crippen molar-refractivity contribution in [3.8, 4) is 0 Å². The van der Waals surface area contributed by atoms with Gasteiger partial charge in [-0.2, -0.15) is 9.98 Å². The quantitative estimate of drug-likeness (QED) is 0.0866. The molecule has 0 saturated carbocycles. The molecule has 0 aliphatic carbocycles. The molecule has 0 saturated heterocycles. The van der Waals surface area contributed by atoms with Crippen LogP contribution >= 0.6 is 15.8 Å². The fraction of sp³-hybridized carbons (Fsp3) is 0. The maximum absolute atomic E-state index is 10.9. The molecule has 2 aromatic heterocycles. The number of benzene rings is 4. The van der Waals surface area contributed by atoms with Gasteiger partial charge in [-0.3, -0.25) is 9.97 Å². The Morgan fingerprint density at radius 3 is 1.30 bits per heavy atom. The molecular weight excluding hydrogens is 795 g/mol. The third kappa shape index (κ3) is 9.57. The van der Waals surface area contributed by atoms with Crippen molar-refractivity contribution in [3.05, 3.63) is 158 Å². The van der Waals surface area contributed by atoms with Crippen molar-refractivity contribution in [2.75, 3.05) is 0 Å². The summed E-state index contributed by atoms with van der Waals surface area (Å²) in [7, 11) is -1.64. The van der Waals surface area contributed by atoms with Gasteiger partial charge >= 0.3 is 0 Å². The number of hydrogen-bond acceptors (Lipinski definition) is 6. The molecule has 0 spiro atoms. The molecular formula is C36H26N4O2P2Pd2. The van der Waals surface area contributed by atoms with Crippen molar-refractivity contribution in [1.82, 2.24) is 9.97 Å². The van der Waals surface area contributed by atoms with Crippen LogP contribution in [0.5, 0.6) is 0 Å². The average molecular weight is 821 g/mol. The zero-order chi connectivity index (χ0) is 30.4. The molecule has 6 nitrogen and oxygen atoms in total. The molecule has 0 radical (unpaired) electrons. The van der Waals surface area contributed by atoms with Gasteiger partial charge in [-0.15, -0.1) is 0 Å². The number of nitrogens with zero attached hydrogens (tertiary/aromatic N) is 4. The fourth-order valence-electron chi connectivity index (χ4n) is 4.49. The number of isocyanates is 2. The fourth-order valence-corrected chi connectivity index (χ4v) is 8.96. The Morgan fingerprint density at radius 2 is 0.891 bits per heavy atom. The topological polar surface area (TPSA) is 84.6 Å². The van der Waals surface area contributed by atoms with Crippen molar-refractivity contribution in [1.29, 1.82) is 0 Å². The molecule has 0 unspecified atom stereocenters. The Labute approximate surface area is 298 Å². The van der Waals surface area contributed by atoms with Gasteiger partial charge in [-0.25, -0.2) is 9.59 Å². The molecule has 0 aliphatic rings. The first-order valence-electron chi connectivity index (χ1n) is 13.7. The Hall–Kier alpha value is -3.88. The van der Waals surface area contributed by atoms with Gasteiger partial charge in [0.25, 0.3) is 0 Å². The molecule has 0 bridgehead atoms. The first-order chi connectivity index (χ1) is 21.8. The van der Waals surface area contributed by atoms with Gasteiger partial charge in [0.1, 0.15) is 16.8 Å². The molecule has 0 amide bonds. The molecule has 4 aromatic carbocycles. The molecule has 0 N–H and O–H groups in total. The first kappa shape index (κ1) is 36.6. The second-order valence-corrected chi connectivity index (χ2v) is 13.4.